The molecule has 0 radical (unpaired) electrons. The molecule has 0 bridgehead atoms. The topological polar surface area (TPSA) is 60.4 Å². The third kappa shape index (κ3) is 4.26. The normalized spacial score (nSPS) is 26.1. The van der Waals surface area contributed by atoms with Crippen LogP contribution in [0.5, 0.6) is 5.75 Å². The van der Waals surface area contributed by atoms with Crippen molar-refractivity contribution in [3.8, 4) is 5.75 Å². The number of aryl methyl sites for hydroxylation is 1. The molecule has 14 heteroatoms. The van der Waals surface area contributed by atoms with Gasteiger partial charge in [0.1, 0.15) is 11.5 Å². The molecule has 0 aliphatic heterocycles. The van der Waals surface area contributed by atoms with Gasteiger partial charge in [0.2, 0.25) is 0 Å². The molecule has 3 rings (SSSR count). The predicted molar refractivity (Wildman–Crippen MR) is 109 cm³/mol. The smallest absolute Gasteiger partial charge is 0.378 e. The number of halogens is 9. The molecule has 2 aliphatic carbocycles. The molecule has 0 saturated heterocycles. The summed E-state index contributed by atoms with van der Waals surface area (Å²) in [6.07, 6.45) is -4.05. The number of fused-ring (bicyclic) bond motifs is 1. The van der Waals surface area contributed by atoms with Crippen LogP contribution in [-0.2, 0) is 27.8 Å². The molecule has 1 saturated carbocycles. The number of benzene rings is 1. The van der Waals surface area contributed by atoms with Crippen LogP contribution in [0.3, 0.4) is 0 Å². The molecule has 1 aromatic rings. The first kappa shape index (κ1) is 28.6. The van der Waals surface area contributed by atoms with Crippen LogP contribution in [0.4, 0.5) is 39.5 Å². The number of alkyl halides is 9. The fourth-order valence-electron chi connectivity index (χ4n) is 5.16. The van der Waals surface area contributed by atoms with Crippen molar-refractivity contribution >= 4 is 15.9 Å². The molecule has 0 N–H and O–H groups in total. The van der Waals surface area contributed by atoms with Crippen LogP contribution in [0, 0.1) is 17.3 Å². The van der Waals surface area contributed by atoms with Crippen LogP contribution in [0.15, 0.2) is 18.2 Å². The van der Waals surface area contributed by atoms with Crippen molar-refractivity contribution in [2.75, 3.05) is 0 Å². The van der Waals surface area contributed by atoms with Crippen molar-refractivity contribution in [1.29, 1.82) is 0 Å². The second kappa shape index (κ2) is 8.80. The minimum absolute atomic E-state index is 0.0932. The molecular formula is C22H23F9O4S. The van der Waals surface area contributed by atoms with E-state index in [9.17, 15) is 52.7 Å². The van der Waals surface area contributed by atoms with E-state index in [-0.39, 0.29) is 17.6 Å². The van der Waals surface area contributed by atoms with E-state index in [4.69, 9.17) is 0 Å². The average Bonchev–Trinajstić information content (AvgIpc) is 3.06. The Labute approximate surface area is 201 Å². The van der Waals surface area contributed by atoms with Crippen LogP contribution in [0.1, 0.15) is 50.7 Å². The van der Waals surface area contributed by atoms with E-state index in [0.29, 0.717) is 49.7 Å². The highest BCUT2D eigenvalue weighted by atomic mass is 32.2. The summed E-state index contributed by atoms with van der Waals surface area (Å²) in [6, 6.07) is 3.05. The first-order chi connectivity index (χ1) is 16.2. The number of ketones is 1. The number of Topliss-reactive ketones (excluding diaryl/α,β-unsaturated/α-hetero) is 1. The molecule has 204 valence electrons. The van der Waals surface area contributed by atoms with Crippen LogP contribution in [0.2, 0.25) is 0 Å². The van der Waals surface area contributed by atoms with Crippen LogP contribution in [0.25, 0.3) is 0 Å². The molecule has 36 heavy (non-hydrogen) atoms. The Morgan fingerprint density at radius 3 is 2.11 bits per heavy atom. The summed E-state index contributed by atoms with van der Waals surface area (Å²) in [7, 11) is -6.99. The SMILES string of the molecule is CCC1(C)C(=O)CCC1C1CCc2cc(OS(=O)(=O)C(F)(F)C(F)(F)C(F)(F)C(F)(F)F)ccc2C1. The molecule has 0 amide bonds. The minimum Gasteiger partial charge on any atom is -0.378 e. The number of hydrogen-bond donors (Lipinski definition) is 0. The van der Waals surface area contributed by atoms with Gasteiger partial charge in [-0.3, -0.25) is 4.79 Å². The van der Waals surface area contributed by atoms with Crippen molar-refractivity contribution in [3.05, 3.63) is 29.3 Å². The second-order valence-electron chi connectivity index (χ2n) is 9.47. The Kier molecular flexibility index (Phi) is 6.98. The third-order valence-electron chi connectivity index (χ3n) is 7.52. The quantitative estimate of drug-likeness (QED) is 0.292. The lowest BCUT2D eigenvalue weighted by molar-refractivity contribution is -0.382. The van der Waals surface area contributed by atoms with E-state index in [0.717, 1.165) is 12.1 Å². The van der Waals surface area contributed by atoms with Crippen LogP contribution in [-0.4, -0.2) is 37.5 Å². The van der Waals surface area contributed by atoms with E-state index in [1.807, 2.05) is 13.8 Å². The van der Waals surface area contributed by atoms with Crippen molar-refractivity contribution in [2.24, 2.45) is 17.3 Å². The van der Waals surface area contributed by atoms with Gasteiger partial charge >= 0.3 is 33.4 Å². The van der Waals surface area contributed by atoms with Crippen molar-refractivity contribution in [3.63, 3.8) is 0 Å². The third-order valence-corrected chi connectivity index (χ3v) is 8.82. The number of carbonyl (C=O) groups is 1. The zero-order chi connectivity index (χ0) is 27.5. The molecule has 0 aromatic heterocycles. The van der Waals surface area contributed by atoms with Crippen LogP contribution < -0.4 is 4.18 Å². The highest BCUT2D eigenvalue weighted by molar-refractivity contribution is 7.88. The highest BCUT2D eigenvalue weighted by Gasteiger charge is 2.86. The fourth-order valence-corrected chi connectivity index (χ4v) is 6.07. The van der Waals surface area contributed by atoms with Crippen molar-refractivity contribution in [2.45, 2.75) is 75.6 Å². The molecule has 0 spiro atoms. The number of carbonyl (C=O) groups excluding carboxylic acids is 1. The summed E-state index contributed by atoms with van der Waals surface area (Å²) < 4.78 is 145. The second-order valence-corrected chi connectivity index (χ2v) is 11.1. The Morgan fingerprint density at radius 2 is 1.56 bits per heavy atom. The lowest BCUT2D eigenvalue weighted by Crippen LogP contribution is -2.63. The van der Waals surface area contributed by atoms with Gasteiger partial charge in [-0.2, -0.15) is 47.9 Å². The zero-order valence-electron chi connectivity index (χ0n) is 19.1. The van der Waals surface area contributed by atoms with E-state index in [2.05, 4.69) is 4.18 Å². The number of hydrogen-bond acceptors (Lipinski definition) is 4. The Balaban J connectivity index is 1.83. The molecule has 0 heterocycles. The largest absolute Gasteiger partial charge is 0.460 e. The zero-order valence-corrected chi connectivity index (χ0v) is 19.9. The lowest BCUT2D eigenvalue weighted by atomic mass is 9.66. The summed E-state index contributed by atoms with van der Waals surface area (Å²) in [5.74, 6) is -15.3. The van der Waals surface area contributed by atoms with Gasteiger partial charge in [0.05, 0.1) is 0 Å². The molecular weight excluding hydrogens is 531 g/mol. The summed E-state index contributed by atoms with van der Waals surface area (Å²) >= 11 is 0. The summed E-state index contributed by atoms with van der Waals surface area (Å²) in [4.78, 5) is 12.4. The minimum atomic E-state index is -7.36. The summed E-state index contributed by atoms with van der Waals surface area (Å²) in [5, 5.41) is -6.92. The predicted octanol–water partition coefficient (Wildman–Crippen LogP) is 6.32. The maximum absolute atomic E-state index is 13.9. The van der Waals surface area contributed by atoms with Gasteiger partial charge in [-0.25, -0.2) is 0 Å². The molecule has 3 atom stereocenters. The van der Waals surface area contributed by atoms with E-state index in [1.54, 1.807) is 0 Å². The molecule has 2 aliphatic rings. The number of rotatable bonds is 7. The van der Waals surface area contributed by atoms with Gasteiger partial charge in [0, 0.05) is 11.8 Å². The van der Waals surface area contributed by atoms with E-state index in [1.165, 1.54) is 6.07 Å². The summed E-state index contributed by atoms with van der Waals surface area (Å²) in [6.45, 7) is 3.82. The van der Waals surface area contributed by atoms with Gasteiger partial charge in [0.25, 0.3) is 0 Å². The Morgan fingerprint density at radius 1 is 0.944 bits per heavy atom. The van der Waals surface area contributed by atoms with Crippen molar-refractivity contribution in [1.82, 2.24) is 0 Å². The molecule has 4 nitrogen and oxygen atoms in total. The first-order valence-electron chi connectivity index (χ1n) is 11.0. The average molecular weight is 554 g/mol. The standard InChI is InChI=1S/C22H23F9O4S/c1-3-18(2)16(8-9-17(18)32)14-5-4-13-11-15(7-6-12(13)10-14)35-36(33,34)22(30,31)20(25,26)19(23,24)21(27,28)29/h6-7,11,14,16H,3-5,8-10H2,1-2H3. The lowest BCUT2D eigenvalue weighted by Gasteiger charge is -2.38. The maximum Gasteiger partial charge on any atom is 0.460 e. The molecule has 1 fully saturated rings. The maximum atomic E-state index is 13.9. The highest BCUT2D eigenvalue weighted by Crippen LogP contribution is 2.55. The van der Waals surface area contributed by atoms with Crippen LogP contribution >= 0.6 is 0 Å². The monoisotopic (exact) mass is 554 g/mol. The van der Waals surface area contributed by atoms with E-state index >= 15 is 0 Å². The summed E-state index contributed by atoms with van der Waals surface area (Å²) in [5.41, 5.74) is 0.584. The molecule has 1 aromatic carbocycles. The van der Waals surface area contributed by atoms with Gasteiger partial charge in [-0.05, 0) is 67.2 Å². The fraction of sp³-hybridized carbons (Fsp3) is 0.682. The van der Waals surface area contributed by atoms with Crippen molar-refractivity contribution < 1.29 is 56.9 Å². The van der Waals surface area contributed by atoms with E-state index < -0.39 is 44.6 Å². The Bertz CT molecular complexity index is 1130. The van der Waals surface area contributed by atoms with Gasteiger partial charge in [-0.1, -0.05) is 19.9 Å². The first-order valence-corrected chi connectivity index (χ1v) is 12.4. The Hall–Kier alpha value is -1.99. The van der Waals surface area contributed by atoms with Gasteiger partial charge < -0.3 is 4.18 Å². The molecule has 3 unspecified atom stereocenters. The van der Waals surface area contributed by atoms with Gasteiger partial charge in [-0.15, -0.1) is 0 Å². The van der Waals surface area contributed by atoms with Gasteiger partial charge in [0.15, 0.2) is 0 Å².